The summed E-state index contributed by atoms with van der Waals surface area (Å²) in [5.74, 6) is -0.153. The first-order chi connectivity index (χ1) is 7.75. The van der Waals surface area contributed by atoms with E-state index in [1.807, 2.05) is 12.1 Å². The van der Waals surface area contributed by atoms with Crippen molar-refractivity contribution in [3.05, 3.63) is 30.1 Å². The topological polar surface area (TPSA) is 15.3 Å². The summed E-state index contributed by atoms with van der Waals surface area (Å²) in [5, 5.41) is 3.31. The Morgan fingerprint density at radius 2 is 2.06 bits per heavy atom. The Labute approximate surface area is 96.5 Å². The van der Waals surface area contributed by atoms with E-state index in [0.29, 0.717) is 11.7 Å². The zero-order chi connectivity index (χ0) is 11.4. The number of anilines is 1. The molecule has 1 aliphatic rings. The van der Waals surface area contributed by atoms with Crippen molar-refractivity contribution in [2.45, 2.75) is 25.3 Å². The molecule has 0 amide bonds. The number of hydrogen-bond donors (Lipinski definition) is 1. The summed E-state index contributed by atoms with van der Waals surface area (Å²) in [6, 6.07) is 7.31. The van der Waals surface area contributed by atoms with Crippen molar-refractivity contribution in [1.82, 2.24) is 4.90 Å². The van der Waals surface area contributed by atoms with Gasteiger partial charge in [0.1, 0.15) is 5.82 Å². The fraction of sp³-hybridized carbons (Fsp3) is 0.538. The van der Waals surface area contributed by atoms with Gasteiger partial charge in [0.05, 0.1) is 5.69 Å². The Kier molecular flexibility index (Phi) is 3.78. The van der Waals surface area contributed by atoms with Crippen molar-refractivity contribution in [3.63, 3.8) is 0 Å². The maximum absolute atomic E-state index is 13.4. The summed E-state index contributed by atoms with van der Waals surface area (Å²) >= 11 is 0. The Hall–Kier alpha value is -1.09. The zero-order valence-corrected chi connectivity index (χ0v) is 9.75. The normalized spacial score (nSPS) is 22.8. The van der Waals surface area contributed by atoms with Gasteiger partial charge in [-0.1, -0.05) is 12.1 Å². The van der Waals surface area contributed by atoms with Crippen LogP contribution in [-0.2, 0) is 0 Å². The maximum atomic E-state index is 13.4. The van der Waals surface area contributed by atoms with Crippen LogP contribution in [0, 0.1) is 5.82 Å². The van der Waals surface area contributed by atoms with E-state index in [-0.39, 0.29) is 5.82 Å². The van der Waals surface area contributed by atoms with Gasteiger partial charge in [0.25, 0.3) is 0 Å². The van der Waals surface area contributed by atoms with Crippen LogP contribution < -0.4 is 5.32 Å². The van der Waals surface area contributed by atoms with Crippen LogP contribution in [0.25, 0.3) is 0 Å². The molecule has 88 valence electrons. The highest BCUT2D eigenvalue weighted by Gasteiger charge is 2.15. The van der Waals surface area contributed by atoms with Crippen LogP contribution in [0.3, 0.4) is 0 Å². The van der Waals surface area contributed by atoms with Gasteiger partial charge in [0.2, 0.25) is 0 Å². The quantitative estimate of drug-likeness (QED) is 0.827. The average Bonchev–Trinajstić information content (AvgIpc) is 2.47. The van der Waals surface area contributed by atoms with Gasteiger partial charge < -0.3 is 10.2 Å². The lowest BCUT2D eigenvalue weighted by atomic mass is 10.1. The molecule has 0 spiro atoms. The fourth-order valence-electron chi connectivity index (χ4n) is 2.18. The van der Waals surface area contributed by atoms with E-state index in [2.05, 4.69) is 17.3 Å². The van der Waals surface area contributed by atoms with E-state index in [1.165, 1.54) is 12.5 Å². The zero-order valence-electron chi connectivity index (χ0n) is 9.75. The van der Waals surface area contributed by atoms with Crippen molar-refractivity contribution in [2.75, 3.05) is 25.5 Å². The lowest BCUT2D eigenvalue weighted by molar-refractivity contribution is 0.348. The molecule has 1 unspecified atom stereocenters. The lowest BCUT2D eigenvalue weighted by Crippen LogP contribution is -2.23. The number of halogens is 1. The highest BCUT2D eigenvalue weighted by molar-refractivity contribution is 5.45. The number of nitrogens with one attached hydrogen (secondary N) is 1. The average molecular weight is 222 g/mol. The van der Waals surface area contributed by atoms with E-state index in [4.69, 9.17) is 0 Å². The number of nitrogens with zero attached hydrogens (tertiary/aromatic N) is 1. The minimum atomic E-state index is -0.153. The third-order valence-corrected chi connectivity index (χ3v) is 3.19. The first-order valence-electron chi connectivity index (χ1n) is 5.95. The van der Waals surface area contributed by atoms with Crippen LogP contribution in [0.5, 0.6) is 0 Å². The van der Waals surface area contributed by atoms with Gasteiger partial charge >= 0.3 is 0 Å². The third-order valence-electron chi connectivity index (χ3n) is 3.19. The van der Waals surface area contributed by atoms with E-state index >= 15 is 0 Å². The standard InChI is InChI=1S/C13H19FN2/c1-16-9-4-5-11(8-10-16)15-13-7-3-2-6-12(13)14/h2-3,6-7,11,15H,4-5,8-10H2,1H3. The van der Waals surface area contributed by atoms with E-state index in [9.17, 15) is 4.39 Å². The molecule has 1 heterocycles. The fourth-order valence-corrected chi connectivity index (χ4v) is 2.18. The molecule has 1 aromatic rings. The van der Waals surface area contributed by atoms with Crippen LogP contribution in [-0.4, -0.2) is 31.1 Å². The van der Waals surface area contributed by atoms with Crippen molar-refractivity contribution in [2.24, 2.45) is 0 Å². The summed E-state index contributed by atoms with van der Waals surface area (Å²) in [6.07, 6.45) is 3.39. The molecular weight excluding hydrogens is 203 g/mol. The van der Waals surface area contributed by atoms with Crippen LogP contribution in [0.1, 0.15) is 19.3 Å². The van der Waals surface area contributed by atoms with Crippen LogP contribution in [0.15, 0.2) is 24.3 Å². The molecule has 0 aliphatic carbocycles. The van der Waals surface area contributed by atoms with Crippen molar-refractivity contribution >= 4 is 5.69 Å². The van der Waals surface area contributed by atoms with Gasteiger partial charge in [-0.15, -0.1) is 0 Å². The second-order valence-corrected chi connectivity index (χ2v) is 4.56. The molecule has 0 radical (unpaired) electrons. The highest BCUT2D eigenvalue weighted by atomic mass is 19.1. The Morgan fingerprint density at radius 1 is 1.25 bits per heavy atom. The van der Waals surface area contributed by atoms with E-state index < -0.39 is 0 Å². The third kappa shape index (κ3) is 2.95. The highest BCUT2D eigenvalue weighted by Crippen LogP contribution is 2.18. The Bertz CT molecular complexity index is 340. The van der Waals surface area contributed by atoms with E-state index in [0.717, 1.165) is 25.9 Å². The molecule has 16 heavy (non-hydrogen) atoms. The molecule has 1 atom stereocenters. The van der Waals surface area contributed by atoms with Gasteiger partial charge in [-0.05, 0) is 51.5 Å². The Morgan fingerprint density at radius 3 is 2.88 bits per heavy atom. The first kappa shape index (κ1) is 11.4. The smallest absolute Gasteiger partial charge is 0.146 e. The predicted molar refractivity (Wildman–Crippen MR) is 65.2 cm³/mol. The van der Waals surface area contributed by atoms with E-state index in [1.54, 1.807) is 6.07 Å². The molecular formula is C13H19FN2. The Balaban J connectivity index is 1.96. The van der Waals surface area contributed by atoms with Gasteiger partial charge in [0.15, 0.2) is 0 Å². The predicted octanol–water partition coefficient (Wildman–Crippen LogP) is 2.72. The van der Waals surface area contributed by atoms with Crippen LogP contribution in [0.4, 0.5) is 10.1 Å². The summed E-state index contributed by atoms with van der Waals surface area (Å²) in [4.78, 5) is 2.34. The van der Waals surface area contributed by atoms with Gasteiger partial charge in [-0.25, -0.2) is 4.39 Å². The largest absolute Gasteiger partial charge is 0.380 e. The molecule has 1 saturated heterocycles. The minimum Gasteiger partial charge on any atom is -0.380 e. The van der Waals surface area contributed by atoms with Crippen LogP contribution >= 0.6 is 0 Å². The summed E-state index contributed by atoms with van der Waals surface area (Å²) in [7, 11) is 2.14. The monoisotopic (exact) mass is 222 g/mol. The number of likely N-dealkylation sites (tertiary alicyclic amines) is 1. The number of rotatable bonds is 2. The van der Waals surface area contributed by atoms with Gasteiger partial charge in [0, 0.05) is 6.04 Å². The van der Waals surface area contributed by atoms with Gasteiger partial charge in [-0.2, -0.15) is 0 Å². The number of benzene rings is 1. The number of para-hydroxylation sites is 1. The van der Waals surface area contributed by atoms with Crippen molar-refractivity contribution in [3.8, 4) is 0 Å². The molecule has 3 heteroatoms. The van der Waals surface area contributed by atoms with Crippen LogP contribution in [0.2, 0.25) is 0 Å². The molecule has 1 aliphatic heterocycles. The maximum Gasteiger partial charge on any atom is 0.146 e. The molecule has 2 rings (SSSR count). The lowest BCUT2D eigenvalue weighted by Gasteiger charge is -2.18. The first-order valence-corrected chi connectivity index (χ1v) is 5.95. The summed E-state index contributed by atoms with van der Waals surface area (Å²) < 4.78 is 13.4. The molecule has 0 saturated carbocycles. The molecule has 0 bridgehead atoms. The molecule has 1 aromatic carbocycles. The van der Waals surface area contributed by atoms with Gasteiger partial charge in [-0.3, -0.25) is 0 Å². The second kappa shape index (κ2) is 5.30. The summed E-state index contributed by atoms with van der Waals surface area (Å²) in [6.45, 7) is 2.24. The van der Waals surface area contributed by atoms with Crippen molar-refractivity contribution in [1.29, 1.82) is 0 Å². The van der Waals surface area contributed by atoms with Crippen molar-refractivity contribution < 1.29 is 4.39 Å². The molecule has 1 N–H and O–H groups in total. The molecule has 1 fully saturated rings. The molecule has 0 aromatic heterocycles. The molecule has 2 nitrogen and oxygen atoms in total. The minimum absolute atomic E-state index is 0.153. The SMILES string of the molecule is CN1CCCC(Nc2ccccc2F)CC1. The summed E-state index contributed by atoms with van der Waals surface area (Å²) in [5.41, 5.74) is 0.636. The second-order valence-electron chi connectivity index (χ2n) is 4.56. The number of hydrogen-bond acceptors (Lipinski definition) is 2.